The van der Waals surface area contributed by atoms with Gasteiger partial charge in [-0.15, -0.1) is 0 Å². The van der Waals surface area contributed by atoms with E-state index in [0.29, 0.717) is 25.2 Å². The molecule has 0 unspecified atom stereocenters. The highest BCUT2D eigenvalue weighted by molar-refractivity contribution is 5.95. The normalized spacial score (nSPS) is 11.7. The molecule has 0 bridgehead atoms. The Bertz CT molecular complexity index is 794. The van der Waals surface area contributed by atoms with Crippen LogP contribution in [-0.2, 0) is 9.59 Å². The molecule has 31 heavy (non-hydrogen) atoms. The van der Waals surface area contributed by atoms with Crippen LogP contribution >= 0.6 is 0 Å². The van der Waals surface area contributed by atoms with Crippen LogP contribution in [0.25, 0.3) is 6.08 Å². The molecule has 10 nitrogen and oxygen atoms in total. The first-order chi connectivity index (χ1) is 14.7. The van der Waals surface area contributed by atoms with Gasteiger partial charge in [-0.25, -0.2) is 10.1 Å². The Morgan fingerprint density at radius 2 is 2.03 bits per heavy atom. The first-order valence-corrected chi connectivity index (χ1v) is 10.1. The van der Waals surface area contributed by atoms with E-state index in [1.54, 1.807) is 18.0 Å². The van der Waals surface area contributed by atoms with Crippen molar-refractivity contribution in [3.05, 3.63) is 58.1 Å². The predicted octanol–water partition coefficient (Wildman–Crippen LogP) is 1.90. The van der Waals surface area contributed by atoms with Gasteiger partial charge < -0.3 is 16.0 Å². The highest BCUT2D eigenvalue weighted by atomic mass is 16.7. The third-order valence-electron chi connectivity index (χ3n) is 4.11. The van der Waals surface area contributed by atoms with Crippen LogP contribution in [0, 0.1) is 34.9 Å². The maximum atomic E-state index is 12.5. The lowest BCUT2D eigenvalue weighted by molar-refractivity contribution is -0.525. The first kappa shape index (κ1) is 25.6. The number of guanidine groups is 1. The summed E-state index contributed by atoms with van der Waals surface area (Å²) in [6.07, 6.45) is 4.46. The molecule has 1 rings (SSSR count). The van der Waals surface area contributed by atoms with Crippen LogP contribution in [0.15, 0.2) is 30.3 Å². The Hall–Kier alpha value is -3.43. The molecule has 0 fully saturated rings. The van der Waals surface area contributed by atoms with Crippen LogP contribution in [-0.4, -0.2) is 35.4 Å². The zero-order valence-corrected chi connectivity index (χ0v) is 18.1. The van der Waals surface area contributed by atoms with Gasteiger partial charge in [-0.05, 0) is 43.7 Å². The second-order valence-corrected chi connectivity index (χ2v) is 7.46. The lowest BCUT2D eigenvalue weighted by Gasteiger charge is -2.18. The smallest absolute Gasteiger partial charge is 0.251 e. The zero-order valence-electron chi connectivity index (χ0n) is 18.1. The van der Waals surface area contributed by atoms with Crippen LogP contribution in [0.3, 0.4) is 0 Å². The third kappa shape index (κ3) is 12.0. The van der Waals surface area contributed by atoms with Gasteiger partial charge in [0.15, 0.2) is 5.03 Å². The van der Waals surface area contributed by atoms with Crippen molar-refractivity contribution in [2.24, 2.45) is 5.92 Å². The number of aryl methyl sites for hydroxylation is 1. The maximum Gasteiger partial charge on any atom is 0.251 e. The predicted molar refractivity (Wildman–Crippen MR) is 119 cm³/mol. The van der Waals surface area contributed by atoms with Crippen molar-refractivity contribution in [3.8, 4) is 0 Å². The van der Waals surface area contributed by atoms with Crippen molar-refractivity contribution in [1.29, 1.82) is 5.41 Å². The molecule has 0 aliphatic carbocycles. The Morgan fingerprint density at radius 3 is 2.68 bits per heavy atom. The molecule has 1 atom stereocenters. The molecule has 1 radical (unpaired) electrons. The molecular formula is C21H31N6O4. The van der Waals surface area contributed by atoms with E-state index in [-0.39, 0.29) is 12.5 Å². The van der Waals surface area contributed by atoms with Gasteiger partial charge in [0.05, 0.1) is 0 Å². The van der Waals surface area contributed by atoms with Gasteiger partial charge >= 0.3 is 0 Å². The van der Waals surface area contributed by atoms with Crippen molar-refractivity contribution in [2.45, 2.75) is 46.1 Å². The Morgan fingerprint density at radius 1 is 1.29 bits per heavy atom. The monoisotopic (exact) mass is 431 g/mol. The lowest BCUT2D eigenvalue weighted by atomic mass is 10.1. The van der Waals surface area contributed by atoms with E-state index < -0.39 is 22.9 Å². The van der Waals surface area contributed by atoms with Crippen molar-refractivity contribution in [2.75, 3.05) is 6.54 Å². The van der Waals surface area contributed by atoms with Crippen LogP contribution in [0.1, 0.15) is 44.2 Å². The fraction of sp³-hybridized carbons (Fsp3) is 0.429. The van der Waals surface area contributed by atoms with Gasteiger partial charge in [0.25, 0.3) is 5.96 Å². The third-order valence-corrected chi connectivity index (χ3v) is 4.11. The van der Waals surface area contributed by atoms with Crippen molar-refractivity contribution in [3.63, 3.8) is 0 Å². The van der Waals surface area contributed by atoms with E-state index in [1.807, 2.05) is 45.0 Å². The number of carbonyl (C=O) groups excluding carboxylic acids is 2. The van der Waals surface area contributed by atoms with Gasteiger partial charge in [0.1, 0.15) is 6.04 Å². The summed E-state index contributed by atoms with van der Waals surface area (Å²) in [6, 6.07) is 6.89. The van der Waals surface area contributed by atoms with E-state index in [2.05, 4.69) is 16.0 Å². The van der Waals surface area contributed by atoms with Gasteiger partial charge in [0, 0.05) is 19.2 Å². The average Bonchev–Trinajstić information content (AvgIpc) is 2.67. The maximum absolute atomic E-state index is 12.5. The summed E-state index contributed by atoms with van der Waals surface area (Å²) >= 11 is 0. The largest absolute Gasteiger partial charge is 0.352 e. The zero-order chi connectivity index (χ0) is 23.2. The summed E-state index contributed by atoms with van der Waals surface area (Å²) in [5, 5.41) is 24.8. The molecule has 2 amide bonds. The number of carbonyl (C=O) groups is 2. The Labute approximate surface area is 182 Å². The van der Waals surface area contributed by atoms with E-state index in [1.165, 1.54) is 6.08 Å². The number of nitrogens with one attached hydrogen (secondary N) is 5. The lowest BCUT2D eigenvalue weighted by Crippen LogP contribution is -2.46. The van der Waals surface area contributed by atoms with E-state index in [0.717, 1.165) is 11.1 Å². The Kier molecular flexibility index (Phi) is 11.3. The van der Waals surface area contributed by atoms with E-state index in [4.69, 9.17) is 5.41 Å². The van der Waals surface area contributed by atoms with Crippen LogP contribution in [0.2, 0.25) is 0 Å². The fourth-order valence-electron chi connectivity index (χ4n) is 2.58. The second-order valence-electron chi connectivity index (χ2n) is 7.46. The number of hydrazine groups is 1. The van der Waals surface area contributed by atoms with Crippen molar-refractivity contribution in [1.82, 2.24) is 21.4 Å². The molecule has 0 saturated heterocycles. The van der Waals surface area contributed by atoms with Gasteiger partial charge in [-0.1, -0.05) is 49.1 Å². The summed E-state index contributed by atoms with van der Waals surface area (Å²) in [7, 11) is 0. The van der Waals surface area contributed by atoms with E-state index >= 15 is 0 Å². The molecule has 5 N–H and O–H groups in total. The topological polar surface area (TPSA) is 149 Å². The second kappa shape index (κ2) is 13.7. The molecule has 0 saturated carbocycles. The number of nitrogens with zero attached hydrogens (tertiary/aromatic N) is 1. The molecular weight excluding hydrogens is 400 g/mol. The minimum Gasteiger partial charge on any atom is -0.352 e. The number of benzene rings is 1. The molecule has 1 aromatic rings. The minimum atomic E-state index is -0.836. The van der Waals surface area contributed by atoms with Gasteiger partial charge in [-0.2, -0.15) is 0 Å². The number of rotatable bonds is 12. The molecule has 0 aliphatic heterocycles. The first-order valence-electron chi connectivity index (χ1n) is 10.1. The van der Waals surface area contributed by atoms with Gasteiger partial charge in [-0.3, -0.25) is 15.0 Å². The fourth-order valence-corrected chi connectivity index (χ4v) is 2.58. The summed E-state index contributed by atoms with van der Waals surface area (Å²) in [5.74, 6) is -0.797. The van der Waals surface area contributed by atoms with Crippen LogP contribution in [0.5, 0.6) is 0 Å². The number of hydrogen-bond acceptors (Lipinski definition) is 5. The molecule has 0 heterocycles. The van der Waals surface area contributed by atoms with Crippen LogP contribution in [0.4, 0.5) is 0 Å². The number of hydrogen-bond donors (Lipinski definition) is 5. The van der Waals surface area contributed by atoms with Crippen molar-refractivity contribution >= 4 is 23.8 Å². The van der Waals surface area contributed by atoms with Crippen molar-refractivity contribution < 1.29 is 14.6 Å². The van der Waals surface area contributed by atoms with Gasteiger partial charge in [0.2, 0.25) is 11.8 Å². The number of nitro groups is 1. The molecule has 0 aromatic heterocycles. The molecule has 0 spiro atoms. The van der Waals surface area contributed by atoms with E-state index in [9.17, 15) is 19.7 Å². The summed E-state index contributed by atoms with van der Waals surface area (Å²) in [4.78, 5) is 35.1. The molecule has 10 heteroatoms. The molecule has 169 valence electrons. The highest BCUT2D eigenvalue weighted by Crippen LogP contribution is 2.06. The minimum absolute atomic E-state index is 0.230. The summed E-state index contributed by atoms with van der Waals surface area (Å²) in [6.45, 7) is 7.91. The van der Waals surface area contributed by atoms with Crippen LogP contribution < -0.4 is 21.4 Å². The highest BCUT2D eigenvalue weighted by Gasteiger charge is 2.19. The summed E-state index contributed by atoms with van der Waals surface area (Å²) in [5.41, 5.74) is 3.64. The quantitative estimate of drug-likeness (QED) is 0.0852. The molecule has 1 aromatic carbocycles. The molecule has 0 aliphatic rings. The Balaban J connectivity index is 2.63. The SMILES string of the molecule is Cc1cccc(/C=C/C(=O)N[C@@H](CCCNC(=N)N[N+](=O)[O-])C(=O)N[CH]CC(C)C)c1. The average molecular weight is 432 g/mol. The standard InChI is InChI=1S/C21H31N6O4/c1-15(2)11-13-23-20(29)18(8-5-12-24-21(22)26-27(30)31)25-19(28)10-9-17-7-4-6-16(3)14-17/h4,6-7,9-10,13-15,18H,5,8,11-12H2,1-3H3,(H,23,29)(H,25,28)(H3,22,24,26)/b10-9+/t18-/m0/s1. The number of amides is 2. The summed E-state index contributed by atoms with van der Waals surface area (Å²) < 4.78 is 0.